The first kappa shape index (κ1) is 22.9. The molecule has 0 saturated heterocycles. The van der Waals surface area contributed by atoms with Crippen molar-refractivity contribution >= 4 is 45.9 Å². The molecule has 0 atom stereocenters. The van der Waals surface area contributed by atoms with Gasteiger partial charge in [0.2, 0.25) is 5.91 Å². The molecule has 1 aromatic heterocycles. The van der Waals surface area contributed by atoms with E-state index in [-0.39, 0.29) is 17.2 Å². The number of halogens is 1. The van der Waals surface area contributed by atoms with Gasteiger partial charge in [-0.05, 0) is 49.2 Å². The number of amides is 1. The highest BCUT2D eigenvalue weighted by Crippen LogP contribution is 2.32. The lowest BCUT2D eigenvalue weighted by atomic mass is 10.2. The van der Waals surface area contributed by atoms with Gasteiger partial charge in [0.1, 0.15) is 5.75 Å². The fourth-order valence-electron chi connectivity index (χ4n) is 3.44. The molecule has 1 amide bonds. The van der Waals surface area contributed by atoms with E-state index in [4.69, 9.17) is 21.3 Å². The van der Waals surface area contributed by atoms with Crippen molar-refractivity contribution in [1.29, 1.82) is 0 Å². The predicted molar refractivity (Wildman–Crippen MR) is 134 cm³/mol. The van der Waals surface area contributed by atoms with E-state index in [1.807, 2.05) is 44.2 Å². The number of aromatic nitrogens is 2. The lowest BCUT2D eigenvalue weighted by Crippen LogP contribution is -2.23. The minimum Gasteiger partial charge on any atom is -0.495 e. The summed E-state index contributed by atoms with van der Waals surface area (Å²) >= 11 is 7.46. The molecule has 1 heterocycles. The smallest absolute Gasteiger partial charge is 0.266 e. The van der Waals surface area contributed by atoms with Gasteiger partial charge in [-0.25, -0.2) is 4.98 Å². The molecule has 0 aliphatic heterocycles. The Bertz CT molecular complexity index is 1420. The molecule has 3 aromatic carbocycles. The van der Waals surface area contributed by atoms with Crippen LogP contribution in [-0.4, -0.2) is 28.3 Å². The number of thioether (sulfide) groups is 1. The second-order valence-electron chi connectivity index (χ2n) is 7.48. The number of methoxy groups -OCH3 is 1. The highest BCUT2D eigenvalue weighted by molar-refractivity contribution is 7.99. The largest absolute Gasteiger partial charge is 0.495 e. The molecule has 4 rings (SSSR count). The van der Waals surface area contributed by atoms with Gasteiger partial charge in [-0.1, -0.05) is 53.7 Å². The third kappa shape index (κ3) is 4.74. The normalized spacial score (nSPS) is 10.9. The predicted octanol–water partition coefficient (Wildman–Crippen LogP) is 5.40. The van der Waals surface area contributed by atoms with Crippen molar-refractivity contribution < 1.29 is 9.53 Å². The average Bonchev–Trinajstić information content (AvgIpc) is 2.81. The van der Waals surface area contributed by atoms with Gasteiger partial charge in [0, 0.05) is 16.8 Å². The number of aryl methyl sites for hydroxylation is 2. The van der Waals surface area contributed by atoms with Gasteiger partial charge in [0.25, 0.3) is 5.56 Å². The number of hydrogen-bond acceptors (Lipinski definition) is 5. The summed E-state index contributed by atoms with van der Waals surface area (Å²) in [6, 6.07) is 18.2. The third-order valence-electron chi connectivity index (χ3n) is 5.20. The number of benzene rings is 3. The van der Waals surface area contributed by atoms with Crippen LogP contribution in [0.25, 0.3) is 16.6 Å². The number of ether oxygens (including phenoxy) is 1. The first-order valence-electron chi connectivity index (χ1n) is 10.2. The van der Waals surface area contributed by atoms with E-state index in [1.165, 1.54) is 23.4 Å². The number of carbonyl (C=O) groups is 1. The Morgan fingerprint density at radius 3 is 2.58 bits per heavy atom. The van der Waals surface area contributed by atoms with Crippen LogP contribution in [-0.2, 0) is 4.79 Å². The summed E-state index contributed by atoms with van der Waals surface area (Å²) < 4.78 is 7.00. The van der Waals surface area contributed by atoms with Crippen molar-refractivity contribution in [2.24, 2.45) is 0 Å². The summed E-state index contributed by atoms with van der Waals surface area (Å²) in [7, 11) is 1.52. The number of rotatable bonds is 6. The maximum absolute atomic E-state index is 13.5. The van der Waals surface area contributed by atoms with Crippen LogP contribution in [0.2, 0.25) is 5.02 Å². The zero-order valence-corrected chi connectivity index (χ0v) is 20.0. The van der Waals surface area contributed by atoms with Gasteiger partial charge >= 0.3 is 0 Å². The van der Waals surface area contributed by atoms with Crippen molar-refractivity contribution in [3.63, 3.8) is 0 Å². The molecule has 0 aliphatic carbocycles. The van der Waals surface area contributed by atoms with Crippen molar-refractivity contribution in [2.45, 2.75) is 19.0 Å². The molecule has 0 radical (unpaired) electrons. The second-order valence-corrected chi connectivity index (χ2v) is 8.83. The SMILES string of the molecule is COc1cc(Cl)c(C)cc1-n1c(SCC(=O)Nc2ccccc2C)nc2ccccc2c1=O. The van der Waals surface area contributed by atoms with E-state index in [0.29, 0.717) is 32.5 Å². The minimum absolute atomic E-state index is 0.0774. The first-order chi connectivity index (χ1) is 15.9. The van der Waals surface area contributed by atoms with Crippen molar-refractivity contribution in [3.8, 4) is 11.4 Å². The summed E-state index contributed by atoms with van der Waals surface area (Å²) in [5.41, 5.74) is 3.35. The number of fused-ring (bicyclic) bond motifs is 1. The van der Waals surface area contributed by atoms with Crippen molar-refractivity contribution in [2.75, 3.05) is 18.2 Å². The molecule has 0 saturated carbocycles. The van der Waals surface area contributed by atoms with Gasteiger partial charge < -0.3 is 10.1 Å². The Balaban J connectivity index is 1.77. The fourth-order valence-corrected chi connectivity index (χ4v) is 4.40. The molecular weight excluding hydrogens is 458 g/mol. The van der Waals surface area contributed by atoms with Crippen molar-refractivity contribution in [1.82, 2.24) is 9.55 Å². The molecule has 0 bridgehead atoms. The Labute approximate surface area is 200 Å². The molecule has 168 valence electrons. The Morgan fingerprint density at radius 1 is 1.09 bits per heavy atom. The van der Waals surface area contributed by atoms with Crippen LogP contribution in [0.5, 0.6) is 5.75 Å². The van der Waals surface area contributed by atoms with Gasteiger partial charge in [0.05, 0.1) is 29.5 Å². The van der Waals surface area contributed by atoms with E-state index < -0.39 is 0 Å². The molecule has 4 aromatic rings. The molecule has 8 heteroatoms. The minimum atomic E-state index is -0.248. The standard InChI is InChI=1S/C25H22ClN3O3S/c1-15-8-4-6-10-19(15)27-23(30)14-33-25-28-20-11-7-5-9-17(20)24(31)29(25)21-12-16(2)18(26)13-22(21)32-3/h4-13H,14H2,1-3H3,(H,27,30). The van der Waals surface area contributed by atoms with E-state index in [9.17, 15) is 9.59 Å². The van der Waals surface area contributed by atoms with Crippen LogP contribution in [0.1, 0.15) is 11.1 Å². The van der Waals surface area contributed by atoms with E-state index in [0.717, 1.165) is 16.8 Å². The van der Waals surface area contributed by atoms with Gasteiger partial charge in [-0.3, -0.25) is 14.2 Å². The summed E-state index contributed by atoms with van der Waals surface area (Å²) in [5.74, 6) is 0.326. The van der Waals surface area contributed by atoms with Crippen LogP contribution in [0.15, 0.2) is 70.6 Å². The summed E-state index contributed by atoms with van der Waals surface area (Å²) in [5, 5.41) is 4.31. The zero-order chi connectivity index (χ0) is 23.5. The van der Waals surface area contributed by atoms with Crippen LogP contribution in [0, 0.1) is 13.8 Å². The summed E-state index contributed by atoms with van der Waals surface area (Å²) in [6.45, 7) is 3.79. The van der Waals surface area contributed by atoms with Crippen LogP contribution in [0.3, 0.4) is 0 Å². The first-order valence-corrected chi connectivity index (χ1v) is 11.6. The van der Waals surface area contributed by atoms with Crippen LogP contribution in [0.4, 0.5) is 5.69 Å². The quantitative estimate of drug-likeness (QED) is 0.296. The monoisotopic (exact) mass is 479 g/mol. The highest BCUT2D eigenvalue weighted by Gasteiger charge is 2.19. The molecule has 33 heavy (non-hydrogen) atoms. The van der Waals surface area contributed by atoms with Gasteiger partial charge in [-0.2, -0.15) is 0 Å². The number of nitrogens with one attached hydrogen (secondary N) is 1. The molecule has 0 aliphatic rings. The summed E-state index contributed by atoms with van der Waals surface area (Å²) in [6.07, 6.45) is 0. The summed E-state index contributed by atoms with van der Waals surface area (Å²) in [4.78, 5) is 30.9. The van der Waals surface area contributed by atoms with Gasteiger partial charge in [0.15, 0.2) is 5.16 Å². The molecule has 0 unspecified atom stereocenters. The van der Waals surface area contributed by atoms with Crippen LogP contribution >= 0.6 is 23.4 Å². The van der Waals surface area contributed by atoms with Crippen molar-refractivity contribution in [3.05, 3.63) is 87.2 Å². The number of carbonyl (C=O) groups excluding carboxylic acids is 1. The van der Waals surface area contributed by atoms with Crippen LogP contribution < -0.4 is 15.6 Å². The Hall–Kier alpha value is -3.29. The molecule has 0 fully saturated rings. The lowest BCUT2D eigenvalue weighted by Gasteiger charge is -2.17. The number of hydrogen-bond donors (Lipinski definition) is 1. The topological polar surface area (TPSA) is 73.2 Å². The molecule has 1 N–H and O–H groups in total. The Morgan fingerprint density at radius 2 is 1.82 bits per heavy atom. The maximum Gasteiger partial charge on any atom is 0.266 e. The third-order valence-corrected chi connectivity index (χ3v) is 6.54. The number of para-hydroxylation sites is 2. The van der Waals surface area contributed by atoms with E-state index in [1.54, 1.807) is 30.3 Å². The van der Waals surface area contributed by atoms with Gasteiger partial charge in [-0.15, -0.1) is 0 Å². The molecular formula is C25H22ClN3O3S. The highest BCUT2D eigenvalue weighted by atomic mass is 35.5. The maximum atomic E-state index is 13.5. The molecule has 0 spiro atoms. The number of nitrogens with zero attached hydrogens (tertiary/aromatic N) is 2. The number of anilines is 1. The lowest BCUT2D eigenvalue weighted by molar-refractivity contribution is -0.113. The van der Waals surface area contributed by atoms with E-state index in [2.05, 4.69) is 5.32 Å². The van der Waals surface area contributed by atoms with E-state index >= 15 is 0 Å². The zero-order valence-electron chi connectivity index (χ0n) is 18.4. The second kappa shape index (κ2) is 9.68. The fraction of sp³-hybridized carbons (Fsp3) is 0.160. The average molecular weight is 480 g/mol. The molecule has 6 nitrogen and oxygen atoms in total. The Kier molecular flexibility index (Phi) is 6.72.